The van der Waals surface area contributed by atoms with E-state index in [2.05, 4.69) is 34.9 Å². The zero-order chi connectivity index (χ0) is 8.59. The van der Waals surface area contributed by atoms with E-state index in [0.29, 0.717) is 11.1 Å². The molecule has 0 aromatic carbocycles. The van der Waals surface area contributed by atoms with Crippen LogP contribution in [0.15, 0.2) is 4.47 Å². The molecule has 1 rings (SSSR count). The van der Waals surface area contributed by atoms with Crippen molar-refractivity contribution >= 4 is 27.5 Å². The van der Waals surface area contributed by atoms with Crippen LogP contribution in [0.2, 0.25) is 5.15 Å². The minimum absolute atomic E-state index is 0.406. The van der Waals surface area contributed by atoms with Gasteiger partial charge in [-0.3, -0.25) is 4.68 Å². The number of halogens is 2. The summed E-state index contributed by atoms with van der Waals surface area (Å²) in [6, 6.07) is 0. The third-order valence-electron chi connectivity index (χ3n) is 1.49. The molecule has 0 N–H and O–H groups in total. The first-order valence-corrected chi connectivity index (χ1v) is 4.59. The van der Waals surface area contributed by atoms with Crippen LogP contribution in [0, 0.1) is 0 Å². The molecule has 0 unspecified atom stereocenters. The van der Waals surface area contributed by atoms with Gasteiger partial charge >= 0.3 is 0 Å². The van der Waals surface area contributed by atoms with E-state index in [9.17, 15) is 0 Å². The zero-order valence-electron chi connectivity index (χ0n) is 6.73. The molecule has 0 fully saturated rings. The van der Waals surface area contributed by atoms with Crippen LogP contribution in [0.1, 0.15) is 25.5 Å². The van der Waals surface area contributed by atoms with Crippen molar-refractivity contribution < 1.29 is 0 Å². The summed E-state index contributed by atoms with van der Waals surface area (Å²) >= 11 is 9.28. The fourth-order valence-corrected chi connectivity index (χ4v) is 1.79. The van der Waals surface area contributed by atoms with E-state index in [4.69, 9.17) is 11.6 Å². The van der Waals surface area contributed by atoms with E-state index in [0.717, 1.165) is 10.2 Å². The Morgan fingerprint density at radius 2 is 2.09 bits per heavy atom. The molecule has 11 heavy (non-hydrogen) atoms. The predicted molar refractivity (Wildman–Crippen MR) is 50.0 cm³/mol. The average Bonchev–Trinajstić information content (AvgIpc) is 2.17. The molecule has 2 nitrogen and oxygen atoms in total. The first-order valence-electron chi connectivity index (χ1n) is 3.42. The molecule has 0 saturated heterocycles. The van der Waals surface area contributed by atoms with Crippen LogP contribution in [-0.4, -0.2) is 9.78 Å². The van der Waals surface area contributed by atoms with Crippen LogP contribution < -0.4 is 0 Å². The van der Waals surface area contributed by atoms with Crippen molar-refractivity contribution in [3.63, 3.8) is 0 Å². The summed E-state index contributed by atoms with van der Waals surface area (Å²) in [5.74, 6) is 0.406. The van der Waals surface area contributed by atoms with Crippen molar-refractivity contribution in [2.24, 2.45) is 7.05 Å². The van der Waals surface area contributed by atoms with Crippen molar-refractivity contribution in [3.8, 4) is 0 Å². The largest absolute Gasteiger partial charge is 0.256 e. The lowest BCUT2D eigenvalue weighted by molar-refractivity contribution is 0.713. The normalized spacial score (nSPS) is 11.1. The summed E-state index contributed by atoms with van der Waals surface area (Å²) in [7, 11) is 1.83. The summed E-state index contributed by atoms with van der Waals surface area (Å²) in [5, 5.41) is 4.91. The van der Waals surface area contributed by atoms with Gasteiger partial charge in [0.15, 0.2) is 0 Å². The highest BCUT2D eigenvalue weighted by Gasteiger charge is 2.13. The standard InChI is InChI=1S/C7H10BrClN2/c1-4(2)6-5(8)7(9)11(3)10-6/h4H,1-3H3. The molecule has 0 bridgehead atoms. The van der Waals surface area contributed by atoms with E-state index >= 15 is 0 Å². The molecule has 62 valence electrons. The predicted octanol–water partition coefficient (Wildman–Crippen LogP) is 2.96. The van der Waals surface area contributed by atoms with Gasteiger partial charge in [-0.25, -0.2) is 0 Å². The van der Waals surface area contributed by atoms with Crippen molar-refractivity contribution in [2.75, 3.05) is 0 Å². The second-order valence-electron chi connectivity index (χ2n) is 2.77. The van der Waals surface area contributed by atoms with E-state index in [1.165, 1.54) is 0 Å². The van der Waals surface area contributed by atoms with Gasteiger partial charge in [0.2, 0.25) is 0 Å². The number of rotatable bonds is 1. The number of aromatic nitrogens is 2. The van der Waals surface area contributed by atoms with Crippen LogP contribution in [0.3, 0.4) is 0 Å². The van der Waals surface area contributed by atoms with E-state index in [-0.39, 0.29) is 0 Å². The Morgan fingerprint density at radius 3 is 2.27 bits per heavy atom. The topological polar surface area (TPSA) is 17.8 Å². The third kappa shape index (κ3) is 1.59. The van der Waals surface area contributed by atoms with E-state index in [1.807, 2.05) is 7.05 Å². The highest BCUT2D eigenvalue weighted by Crippen LogP contribution is 2.29. The van der Waals surface area contributed by atoms with Gasteiger partial charge in [-0.15, -0.1) is 0 Å². The first kappa shape index (κ1) is 9.07. The van der Waals surface area contributed by atoms with Crippen LogP contribution in [0.5, 0.6) is 0 Å². The van der Waals surface area contributed by atoms with Crippen LogP contribution in [0.25, 0.3) is 0 Å². The van der Waals surface area contributed by atoms with Crippen LogP contribution in [-0.2, 0) is 7.05 Å². The maximum absolute atomic E-state index is 5.90. The van der Waals surface area contributed by atoms with Gasteiger partial charge in [0.1, 0.15) is 5.15 Å². The molecule has 1 aromatic rings. The molecular formula is C7H10BrClN2. The number of nitrogens with zero attached hydrogens (tertiary/aromatic N) is 2. The molecule has 0 atom stereocenters. The van der Waals surface area contributed by atoms with Crippen molar-refractivity contribution in [2.45, 2.75) is 19.8 Å². The smallest absolute Gasteiger partial charge is 0.141 e. The Balaban J connectivity index is 3.19. The van der Waals surface area contributed by atoms with Crippen molar-refractivity contribution in [3.05, 3.63) is 15.3 Å². The fraction of sp³-hybridized carbons (Fsp3) is 0.571. The SMILES string of the molecule is CC(C)c1nn(C)c(Cl)c1Br. The van der Waals surface area contributed by atoms with Gasteiger partial charge in [-0.05, 0) is 21.8 Å². The van der Waals surface area contributed by atoms with Crippen molar-refractivity contribution in [1.29, 1.82) is 0 Å². The molecule has 0 saturated carbocycles. The summed E-state index contributed by atoms with van der Waals surface area (Å²) in [4.78, 5) is 0. The Morgan fingerprint density at radius 1 is 1.55 bits per heavy atom. The molecule has 1 aromatic heterocycles. The van der Waals surface area contributed by atoms with Gasteiger partial charge in [0.25, 0.3) is 0 Å². The van der Waals surface area contributed by atoms with Crippen LogP contribution in [0.4, 0.5) is 0 Å². The highest BCUT2D eigenvalue weighted by atomic mass is 79.9. The van der Waals surface area contributed by atoms with E-state index in [1.54, 1.807) is 4.68 Å². The quantitative estimate of drug-likeness (QED) is 0.734. The molecule has 1 heterocycles. The second-order valence-corrected chi connectivity index (χ2v) is 3.92. The zero-order valence-corrected chi connectivity index (χ0v) is 9.07. The highest BCUT2D eigenvalue weighted by molar-refractivity contribution is 9.10. The van der Waals surface area contributed by atoms with E-state index < -0.39 is 0 Å². The Bertz CT molecular complexity index is 268. The molecule has 0 aliphatic carbocycles. The molecule has 0 aliphatic heterocycles. The third-order valence-corrected chi connectivity index (χ3v) is 2.94. The lowest BCUT2D eigenvalue weighted by Gasteiger charge is -1.97. The maximum atomic E-state index is 5.90. The Kier molecular flexibility index (Phi) is 2.60. The summed E-state index contributed by atoms with van der Waals surface area (Å²) < 4.78 is 2.58. The Labute approximate surface area is 79.7 Å². The molecular weight excluding hydrogens is 227 g/mol. The minimum atomic E-state index is 0.406. The maximum Gasteiger partial charge on any atom is 0.141 e. The average molecular weight is 238 g/mol. The fourth-order valence-electron chi connectivity index (χ4n) is 0.866. The van der Waals surface area contributed by atoms with Crippen LogP contribution >= 0.6 is 27.5 Å². The summed E-state index contributed by atoms with van der Waals surface area (Å²) in [6.45, 7) is 4.17. The molecule has 0 aliphatic rings. The lowest BCUT2D eigenvalue weighted by Crippen LogP contribution is -1.93. The summed E-state index contributed by atoms with van der Waals surface area (Å²) in [5.41, 5.74) is 1.01. The molecule has 0 radical (unpaired) electrons. The van der Waals surface area contributed by atoms with Gasteiger partial charge < -0.3 is 0 Å². The second kappa shape index (κ2) is 3.15. The Hall–Kier alpha value is -0.0200. The molecule has 0 amide bonds. The van der Waals surface area contributed by atoms with Gasteiger partial charge in [-0.1, -0.05) is 25.4 Å². The number of hydrogen-bond donors (Lipinski definition) is 0. The summed E-state index contributed by atoms with van der Waals surface area (Å²) in [6.07, 6.45) is 0. The molecule has 0 spiro atoms. The lowest BCUT2D eigenvalue weighted by atomic mass is 10.1. The van der Waals surface area contributed by atoms with Gasteiger partial charge in [0, 0.05) is 7.05 Å². The van der Waals surface area contributed by atoms with Gasteiger partial charge in [0.05, 0.1) is 10.2 Å². The number of aryl methyl sites for hydroxylation is 1. The molecule has 4 heteroatoms. The van der Waals surface area contributed by atoms with Crippen molar-refractivity contribution in [1.82, 2.24) is 9.78 Å². The minimum Gasteiger partial charge on any atom is -0.256 e. The monoisotopic (exact) mass is 236 g/mol. The number of hydrogen-bond acceptors (Lipinski definition) is 1. The van der Waals surface area contributed by atoms with Gasteiger partial charge in [-0.2, -0.15) is 5.10 Å². The first-order chi connectivity index (χ1) is 5.04.